The van der Waals surface area contributed by atoms with Crippen LogP contribution in [0.25, 0.3) is 0 Å². The molecule has 6 rings (SSSR count). The lowest BCUT2D eigenvalue weighted by molar-refractivity contribution is 0.278. The Morgan fingerprint density at radius 1 is 0.300 bits per heavy atom. The minimum atomic E-state index is -1.30. The first-order valence-electron chi connectivity index (χ1n) is 26.1. The summed E-state index contributed by atoms with van der Waals surface area (Å²) in [6, 6.07) is 5.86. The van der Waals surface area contributed by atoms with Crippen molar-refractivity contribution in [2.75, 3.05) is 0 Å². The van der Waals surface area contributed by atoms with Crippen LogP contribution < -0.4 is 10.4 Å². The number of hydrogen-bond acceptors (Lipinski definition) is 0. The van der Waals surface area contributed by atoms with E-state index >= 15 is 0 Å². The Hall–Kier alpha value is -0.166. The lowest BCUT2D eigenvalue weighted by Gasteiger charge is -2.37. The zero-order chi connectivity index (χ0) is 44.5. The molecule has 0 nitrogen and oxygen atoms in total. The Morgan fingerprint density at radius 2 is 0.450 bits per heavy atom. The fourth-order valence-electron chi connectivity index (χ4n) is 16.2. The lowest BCUT2D eigenvalue weighted by Crippen LogP contribution is -2.46. The summed E-state index contributed by atoms with van der Waals surface area (Å²) < 4.78 is 0. The van der Waals surface area contributed by atoms with Crippen LogP contribution in [0, 0.1) is 0 Å². The molecule has 336 valence electrons. The van der Waals surface area contributed by atoms with E-state index in [-0.39, 0.29) is 43.3 Å². The molecule has 0 amide bonds. The second-order valence-electron chi connectivity index (χ2n) is 21.4. The largest absolute Gasteiger partial charge is 0.123 e. The molecule has 0 spiro atoms. The molecule has 4 aliphatic carbocycles. The summed E-state index contributed by atoms with van der Waals surface area (Å²) in [5.41, 5.74) is 16.6. The van der Waals surface area contributed by atoms with Crippen molar-refractivity contribution in [3.05, 3.63) is 56.6 Å². The van der Waals surface area contributed by atoms with Gasteiger partial charge in [-0.15, -0.1) is 0 Å². The first-order valence-corrected chi connectivity index (χ1v) is 34.6. The number of rotatable bonds is 18. The predicted octanol–water partition coefficient (Wildman–Crippen LogP) is 16.7. The molecule has 60 heavy (non-hydrogen) atoms. The molecule has 0 saturated heterocycles. The van der Waals surface area contributed by atoms with E-state index in [1.54, 1.807) is 22.3 Å². The molecule has 0 bridgehead atoms. The maximum atomic E-state index is 5.08. The lowest BCUT2D eigenvalue weighted by atomic mass is 9.70. The fourth-order valence-corrected chi connectivity index (χ4v) is 27.8. The van der Waals surface area contributed by atoms with Gasteiger partial charge in [0.1, 0.15) is 13.0 Å². The van der Waals surface area contributed by atoms with Crippen LogP contribution in [0.2, 0.25) is 0 Å². The van der Waals surface area contributed by atoms with E-state index in [1.165, 1.54) is 128 Å². The van der Waals surface area contributed by atoms with Gasteiger partial charge >= 0.3 is 0 Å². The van der Waals surface area contributed by atoms with E-state index in [0.29, 0.717) is 0 Å². The molecule has 0 fully saturated rings. The number of hydrogen-bond donors (Lipinski definition) is 0. The van der Waals surface area contributed by atoms with Crippen LogP contribution in [0.15, 0.2) is 12.1 Å². The van der Waals surface area contributed by atoms with Gasteiger partial charge in [0.25, 0.3) is 0 Å². The van der Waals surface area contributed by atoms with E-state index in [0.717, 1.165) is 0 Å². The average Bonchev–Trinajstić information content (AvgIpc) is 3.97. The predicted molar refractivity (Wildman–Crippen MR) is 278 cm³/mol. The van der Waals surface area contributed by atoms with Crippen LogP contribution in [0.5, 0.6) is 0 Å². The Balaban J connectivity index is 1.96. The summed E-state index contributed by atoms with van der Waals surface area (Å²) in [5.74, 6) is 0. The minimum absolute atomic E-state index is 0.231. The number of fused-ring (bicyclic) bond motifs is 4. The zero-order valence-corrected chi connectivity index (χ0v) is 47.2. The van der Waals surface area contributed by atoms with E-state index in [9.17, 15) is 0 Å². The van der Waals surface area contributed by atoms with Crippen molar-refractivity contribution in [1.82, 2.24) is 0 Å². The smallest absolute Gasteiger partial charge is 0.0969 e. The third kappa shape index (κ3) is 6.33. The third-order valence-corrected chi connectivity index (χ3v) is 40.5. The molecule has 0 aliphatic heterocycles. The molecule has 0 saturated carbocycles. The maximum Gasteiger partial charge on any atom is 0.123 e. The Morgan fingerprint density at radius 3 is 0.583 bits per heavy atom. The van der Waals surface area contributed by atoms with Crippen LogP contribution in [-0.2, 0) is 43.3 Å². The number of halogens is 2. The van der Waals surface area contributed by atoms with Crippen molar-refractivity contribution in [1.29, 1.82) is 0 Å². The summed E-state index contributed by atoms with van der Waals surface area (Å²) in [7, 11) is 0. The van der Waals surface area contributed by atoms with Gasteiger partial charge in [0.05, 0.1) is 0 Å². The number of benzene rings is 2. The molecular weight excluding hydrogens is 889 g/mol. The first-order chi connectivity index (χ1) is 28.6. The van der Waals surface area contributed by atoms with Gasteiger partial charge in [0.15, 0.2) is 0 Å². The molecule has 2 aromatic rings. The van der Waals surface area contributed by atoms with Crippen LogP contribution in [0.1, 0.15) is 284 Å². The molecule has 0 unspecified atom stereocenters. The van der Waals surface area contributed by atoms with Gasteiger partial charge in [-0.05, 0) is 227 Å². The first kappa shape index (κ1) is 49.3. The van der Waals surface area contributed by atoms with E-state index < -0.39 is 13.0 Å². The maximum absolute atomic E-state index is 5.08. The summed E-state index contributed by atoms with van der Waals surface area (Å²) in [5, 5.41) is 3.79. The van der Waals surface area contributed by atoms with Crippen LogP contribution in [-0.4, -0.2) is 13.0 Å². The molecule has 2 aromatic carbocycles. The van der Waals surface area contributed by atoms with Gasteiger partial charge in [0.2, 0.25) is 0 Å². The highest BCUT2D eigenvalue weighted by molar-refractivity contribution is 9.31. The fraction of sp³-hybridized carbons (Fsp3) is 0.786. The molecule has 4 heteroatoms. The topological polar surface area (TPSA) is 0 Å². The second kappa shape index (κ2) is 17.6. The molecule has 0 N–H and O–H groups in total. The zero-order valence-electron chi connectivity index (χ0n) is 42.1. The Bertz CT molecular complexity index is 1670. The van der Waals surface area contributed by atoms with Crippen LogP contribution in [0.3, 0.4) is 0 Å². The van der Waals surface area contributed by atoms with Crippen LogP contribution >= 0.6 is 30.6 Å². The van der Waals surface area contributed by atoms with Gasteiger partial charge in [0, 0.05) is 0 Å². The highest BCUT2D eigenvalue weighted by atomic mass is 79.9. The van der Waals surface area contributed by atoms with Crippen molar-refractivity contribution >= 4 is 54.0 Å². The van der Waals surface area contributed by atoms with Gasteiger partial charge in [-0.1, -0.05) is 153 Å². The molecule has 4 aliphatic rings. The standard InChI is InChI=1S/C56H90Br2Si2/c1-17-49(18-2)35-53(25-9,26-10)43-39(49)33-40-44(54(27-11,28-12)36-50(40,19-3)20-4)47(43)59(57)60(58)48-45-41(51(21-5,22-6)37-55(45,29-13)30-14)34-42-46(48)56(31-15,32-16)38-52(42,23-7)24-8/h33-34H,17-32,35-38H2,1-16H3/b60-59+. The quantitative estimate of drug-likeness (QED) is 0.103. The van der Waals surface area contributed by atoms with Crippen molar-refractivity contribution in [3.8, 4) is 0 Å². The van der Waals surface area contributed by atoms with Gasteiger partial charge in [-0.25, -0.2) is 0 Å². The summed E-state index contributed by atoms with van der Waals surface area (Å²) in [6.07, 6.45) is 25.3. The summed E-state index contributed by atoms with van der Waals surface area (Å²) >= 11 is 10.2. The van der Waals surface area contributed by atoms with E-state index in [2.05, 4.69) is 123 Å². The van der Waals surface area contributed by atoms with Crippen molar-refractivity contribution in [2.45, 2.75) is 283 Å². The van der Waals surface area contributed by atoms with Crippen molar-refractivity contribution in [3.63, 3.8) is 0 Å². The van der Waals surface area contributed by atoms with Gasteiger partial charge in [-0.3, -0.25) is 0 Å². The summed E-state index contributed by atoms with van der Waals surface area (Å²) in [6.45, 7) is 38.3. The van der Waals surface area contributed by atoms with Crippen molar-refractivity contribution in [2.24, 2.45) is 0 Å². The van der Waals surface area contributed by atoms with E-state index in [4.69, 9.17) is 30.6 Å². The second-order valence-corrected chi connectivity index (χ2v) is 35.8. The van der Waals surface area contributed by atoms with Crippen molar-refractivity contribution < 1.29 is 0 Å². The monoisotopic (exact) mass is 976 g/mol. The van der Waals surface area contributed by atoms with E-state index in [1.807, 2.05) is 32.6 Å². The Labute approximate surface area is 390 Å². The molecular formula is C56H90Br2Si2. The Kier molecular flexibility index (Phi) is 14.4. The SMILES string of the molecule is CCC1(CC)CC(CC)(CC)c2c1cc1c(c2/[Si](Br)=[Si](\Br)c2c3c(cc4c2C(CC)(CC)CC4(CC)CC)C(CC)(CC)CC3(CC)CC)C(CC)(CC)CC1(CC)CC. The van der Waals surface area contributed by atoms with Gasteiger partial charge in [-0.2, -0.15) is 0 Å². The highest BCUT2D eigenvalue weighted by Crippen LogP contribution is 2.64. The summed E-state index contributed by atoms with van der Waals surface area (Å²) in [4.78, 5) is 0. The average molecular weight is 979 g/mol. The molecule has 0 atom stereocenters. The molecule has 0 heterocycles. The van der Waals surface area contributed by atoms with Gasteiger partial charge < -0.3 is 0 Å². The minimum Gasteiger partial charge on any atom is -0.0969 e. The molecule has 0 radical (unpaired) electrons. The highest BCUT2D eigenvalue weighted by Gasteiger charge is 2.59. The van der Waals surface area contributed by atoms with Crippen LogP contribution in [0.4, 0.5) is 0 Å². The third-order valence-electron chi connectivity index (χ3n) is 21.2. The normalized spacial score (nSPS) is 23.0. The molecule has 0 aromatic heterocycles.